The number of carbonyl (C=O) groups is 1. The SMILES string of the molecule is CC(C(=O)N1CC1)c1ccc2oc3ccccc3c2c1. The molecule has 2 aromatic carbocycles. The third-order valence-corrected chi connectivity index (χ3v) is 4.03. The predicted octanol–water partition coefficient (Wildman–Crippen LogP) is 3.53. The van der Waals surface area contributed by atoms with Crippen molar-refractivity contribution in [2.45, 2.75) is 12.8 Å². The first-order valence-corrected chi connectivity index (χ1v) is 6.94. The summed E-state index contributed by atoms with van der Waals surface area (Å²) < 4.78 is 5.81. The van der Waals surface area contributed by atoms with Crippen LogP contribution in [0.15, 0.2) is 46.9 Å². The molecule has 1 amide bonds. The Morgan fingerprint density at radius 2 is 1.85 bits per heavy atom. The van der Waals surface area contributed by atoms with Crippen molar-refractivity contribution in [3.63, 3.8) is 0 Å². The van der Waals surface area contributed by atoms with Crippen LogP contribution >= 0.6 is 0 Å². The zero-order valence-corrected chi connectivity index (χ0v) is 11.3. The molecule has 2 heterocycles. The van der Waals surface area contributed by atoms with E-state index in [4.69, 9.17) is 4.42 Å². The Labute approximate surface area is 116 Å². The number of hydrogen-bond acceptors (Lipinski definition) is 2. The van der Waals surface area contributed by atoms with Gasteiger partial charge in [-0.05, 0) is 30.7 Å². The Morgan fingerprint density at radius 1 is 1.10 bits per heavy atom. The van der Waals surface area contributed by atoms with Crippen molar-refractivity contribution in [3.05, 3.63) is 48.0 Å². The maximum atomic E-state index is 12.1. The zero-order valence-electron chi connectivity index (χ0n) is 11.3. The first-order chi connectivity index (χ1) is 9.74. The van der Waals surface area contributed by atoms with Crippen LogP contribution < -0.4 is 0 Å². The van der Waals surface area contributed by atoms with Crippen molar-refractivity contribution >= 4 is 27.8 Å². The number of furan rings is 1. The number of para-hydroxylation sites is 1. The predicted molar refractivity (Wildman–Crippen MR) is 78.7 cm³/mol. The molecule has 1 aliphatic heterocycles. The van der Waals surface area contributed by atoms with E-state index >= 15 is 0 Å². The number of hydrogen-bond donors (Lipinski definition) is 0. The lowest BCUT2D eigenvalue weighted by molar-refractivity contribution is -0.126. The average Bonchev–Trinajstić information content (AvgIpc) is 3.26. The molecule has 1 unspecified atom stereocenters. The van der Waals surface area contributed by atoms with E-state index in [-0.39, 0.29) is 11.8 Å². The van der Waals surface area contributed by atoms with Crippen LogP contribution in [-0.4, -0.2) is 23.9 Å². The fourth-order valence-electron chi connectivity index (χ4n) is 2.70. The van der Waals surface area contributed by atoms with Crippen molar-refractivity contribution in [1.29, 1.82) is 0 Å². The minimum Gasteiger partial charge on any atom is -0.456 e. The molecule has 3 aromatic rings. The van der Waals surface area contributed by atoms with E-state index in [1.807, 2.05) is 42.2 Å². The minimum atomic E-state index is -0.0874. The van der Waals surface area contributed by atoms with Gasteiger partial charge in [-0.3, -0.25) is 4.79 Å². The summed E-state index contributed by atoms with van der Waals surface area (Å²) in [5, 5.41) is 2.19. The number of rotatable bonds is 2. The van der Waals surface area contributed by atoms with Crippen LogP contribution in [0.1, 0.15) is 18.4 Å². The van der Waals surface area contributed by atoms with Crippen LogP contribution in [0.5, 0.6) is 0 Å². The van der Waals surface area contributed by atoms with Crippen LogP contribution in [0.4, 0.5) is 0 Å². The summed E-state index contributed by atoms with van der Waals surface area (Å²) in [6.45, 7) is 3.78. The summed E-state index contributed by atoms with van der Waals surface area (Å²) in [7, 11) is 0. The molecular weight excluding hydrogens is 250 g/mol. The summed E-state index contributed by atoms with van der Waals surface area (Å²) in [5.74, 6) is 0.132. The molecule has 0 N–H and O–H groups in total. The van der Waals surface area contributed by atoms with Gasteiger partial charge in [0.05, 0.1) is 5.92 Å². The number of amides is 1. The molecule has 1 saturated heterocycles. The first-order valence-electron chi connectivity index (χ1n) is 6.94. The Morgan fingerprint density at radius 3 is 2.65 bits per heavy atom. The molecule has 0 bridgehead atoms. The van der Waals surface area contributed by atoms with Gasteiger partial charge in [-0.15, -0.1) is 0 Å². The molecule has 1 fully saturated rings. The molecule has 1 atom stereocenters. The van der Waals surface area contributed by atoms with Gasteiger partial charge in [-0.2, -0.15) is 0 Å². The molecule has 3 nitrogen and oxygen atoms in total. The van der Waals surface area contributed by atoms with Gasteiger partial charge in [0.2, 0.25) is 5.91 Å². The third kappa shape index (κ3) is 1.70. The maximum absolute atomic E-state index is 12.1. The number of benzene rings is 2. The van der Waals surface area contributed by atoms with Crippen molar-refractivity contribution < 1.29 is 9.21 Å². The van der Waals surface area contributed by atoms with Gasteiger partial charge < -0.3 is 9.32 Å². The van der Waals surface area contributed by atoms with Crippen LogP contribution in [-0.2, 0) is 4.79 Å². The Hall–Kier alpha value is -2.29. The molecule has 3 heteroatoms. The topological polar surface area (TPSA) is 33.2 Å². The molecule has 0 saturated carbocycles. The summed E-state index contributed by atoms with van der Waals surface area (Å²) in [6.07, 6.45) is 0. The molecule has 1 aliphatic rings. The highest BCUT2D eigenvalue weighted by atomic mass is 16.3. The highest BCUT2D eigenvalue weighted by molar-refractivity contribution is 6.05. The lowest BCUT2D eigenvalue weighted by atomic mass is 9.98. The van der Waals surface area contributed by atoms with Gasteiger partial charge in [-0.1, -0.05) is 24.3 Å². The second-order valence-corrected chi connectivity index (χ2v) is 5.40. The largest absolute Gasteiger partial charge is 0.456 e. The molecule has 20 heavy (non-hydrogen) atoms. The fraction of sp³-hybridized carbons (Fsp3) is 0.235. The summed E-state index contributed by atoms with van der Waals surface area (Å²) in [4.78, 5) is 14.0. The molecule has 1 aromatic heterocycles. The minimum absolute atomic E-state index is 0.0874. The van der Waals surface area contributed by atoms with Crippen LogP contribution in [0.25, 0.3) is 21.9 Å². The molecule has 100 valence electrons. The molecule has 0 radical (unpaired) electrons. The van der Waals surface area contributed by atoms with Gasteiger partial charge >= 0.3 is 0 Å². The van der Waals surface area contributed by atoms with Gasteiger partial charge in [-0.25, -0.2) is 0 Å². The first kappa shape index (κ1) is 11.5. The van der Waals surface area contributed by atoms with E-state index in [1.54, 1.807) is 0 Å². The summed E-state index contributed by atoms with van der Waals surface area (Å²) in [5.41, 5.74) is 2.83. The Bertz CT molecular complexity index is 814. The second kappa shape index (κ2) is 4.10. The smallest absolute Gasteiger partial charge is 0.229 e. The third-order valence-electron chi connectivity index (χ3n) is 4.03. The lowest BCUT2D eigenvalue weighted by Crippen LogP contribution is -2.17. The monoisotopic (exact) mass is 265 g/mol. The van der Waals surface area contributed by atoms with E-state index in [2.05, 4.69) is 12.1 Å². The normalized spacial score (nSPS) is 15.8. The van der Waals surface area contributed by atoms with Crippen molar-refractivity contribution in [1.82, 2.24) is 4.90 Å². The average molecular weight is 265 g/mol. The van der Waals surface area contributed by atoms with Crippen molar-refractivity contribution in [2.24, 2.45) is 0 Å². The van der Waals surface area contributed by atoms with Gasteiger partial charge in [0, 0.05) is 23.9 Å². The van der Waals surface area contributed by atoms with Crippen molar-refractivity contribution in [3.8, 4) is 0 Å². The molecule has 4 rings (SSSR count). The van der Waals surface area contributed by atoms with Crippen LogP contribution in [0, 0.1) is 0 Å². The van der Waals surface area contributed by atoms with Crippen LogP contribution in [0.3, 0.4) is 0 Å². The summed E-state index contributed by atoms with van der Waals surface area (Å²) in [6, 6.07) is 14.1. The standard InChI is InChI=1S/C17H15NO2/c1-11(17(19)18-8-9-18)12-6-7-16-14(10-12)13-4-2-3-5-15(13)20-16/h2-7,10-11H,8-9H2,1H3. The Kier molecular flexibility index (Phi) is 2.36. The van der Waals surface area contributed by atoms with E-state index in [0.29, 0.717) is 0 Å². The fourth-order valence-corrected chi connectivity index (χ4v) is 2.70. The highest BCUT2D eigenvalue weighted by Gasteiger charge is 2.29. The van der Waals surface area contributed by atoms with Gasteiger partial charge in [0.1, 0.15) is 11.2 Å². The maximum Gasteiger partial charge on any atom is 0.229 e. The van der Waals surface area contributed by atoms with E-state index in [9.17, 15) is 4.79 Å². The Balaban J connectivity index is 1.84. The quantitative estimate of drug-likeness (QED) is 0.664. The van der Waals surface area contributed by atoms with Crippen LogP contribution in [0.2, 0.25) is 0 Å². The second-order valence-electron chi connectivity index (χ2n) is 5.40. The highest BCUT2D eigenvalue weighted by Crippen LogP contribution is 2.31. The number of nitrogens with zero attached hydrogens (tertiary/aromatic N) is 1. The van der Waals surface area contributed by atoms with E-state index in [1.165, 1.54) is 0 Å². The van der Waals surface area contributed by atoms with Gasteiger partial charge in [0.15, 0.2) is 0 Å². The number of carbonyl (C=O) groups excluding carboxylic acids is 1. The van der Waals surface area contributed by atoms with E-state index in [0.717, 1.165) is 40.6 Å². The van der Waals surface area contributed by atoms with E-state index < -0.39 is 0 Å². The summed E-state index contributed by atoms with van der Waals surface area (Å²) >= 11 is 0. The molecule has 0 aliphatic carbocycles. The lowest BCUT2D eigenvalue weighted by Gasteiger charge is -2.11. The molecular formula is C17H15NO2. The molecule has 0 spiro atoms. The number of fused-ring (bicyclic) bond motifs is 3. The zero-order chi connectivity index (χ0) is 13.7. The van der Waals surface area contributed by atoms with Gasteiger partial charge in [0.25, 0.3) is 0 Å². The van der Waals surface area contributed by atoms with Crippen molar-refractivity contribution in [2.75, 3.05) is 13.1 Å².